The van der Waals surface area contributed by atoms with Crippen molar-refractivity contribution in [3.05, 3.63) is 34.4 Å². The summed E-state index contributed by atoms with van der Waals surface area (Å²) in [6.07, 6.45) is 2.42. The van der Waals surface area contributed by atoms with Crippen LogP contribution in [-0.2, 0) is 0 Å². The zero-order chi connectivity index (χ0) is 18.7. The lowest BCUT2D eigenvalue weighted by Crippen LogP contribution is -2.24. The number of carbonyl (C=O) groups is 1. The van der Waals surface area contributed by atoms with E-state index in [0.717, 1.165) is 11.4 Å². The van der Waals surface area contributed by atoms with Crippen molar-refractivity contribution in [2.24, 2.45) is 11.1 Å². The van der Waals surface area contributed by atoms with Gasteiger partial charge in [0.05, 0.1) is 11.4 Å². The summed E-state index contributed by atoms with van der Waals surface area (Å²) in [5, 5.41) is 10.2. The SMILES string of the molecule is CC1=C(n2c(N)c(C(N)=O)c3nc(C)c(C)nc32)C(C)(C)CC=C1O. The van der Waals surface area contributed by atoms with Crippen LogP contribution in [0, 0.1) is 19.3 Å². The van der Waals surface area contributed by atoms with Gasteiger partial charge in [0, 0.05) is 16.7 Å². The maximum absolute atomic E-state index is 12.0. The Hall–Kier alpha value is -2.83. The van der Waals surface area contributed by atoms with Crippen molar-refractivity contribution in [3.63, 3.8) is 0 Å². The monoisotopic (exact) mass is 341 g/mol. The molecule has 132 valence electrons. The lowest BCUT2D eigenvalue weighted by molar-refractivity contribution is 0.100. The first kappa shape index (κ1) is 17.0. The molecule has 0 saturated carbocycles. The van der Waals surface area contributed by atoms with Crippen molar-refractivity contribution in [1.82, 2.24) is 14.5 Å². The van der Waals surface area contributed by atoms with Crippen LogP contribution in [-0.4, -0.2) is 25.5 Å². The molecule has 7 nitrogen and oxygen atoms in total. The summed E-state index contributed by atoms with van der Waals surface area (Å²) in [4.78, 5) is 21.1. The van der Waals surface area contributed by atoms with Crippen molar-refractivity contribution >= 4 is 28.6 Å². The first-order valence-electron chi connectivity index (χ1n) is 8.12. The minimum Gasteiger partial charge on any atom is -0.508 e. The van der Waals surface area contributed by atoms with E-state index >= 15 is 0 Å². The van der Waals surface area contributed by atoms with Gasteiger partial charge in [-0.15, -0.1) is 0 Å². The van der Waals surface area contributed by atoms with E-state index in [4.69, 9.17) is 11.5 Å². The number of allylic oxidation sites excluding steroid dienone is 3. The van der Waals surface area contributed by atoms with Gasteiger partial charge in [0.25, 0.3) is 5.91 Å². The maximum atomic E-state index is 12.0. The molecule has 5 N–H and O–H groups in total. The van der Waals surface area contributed by atoms with Crippen molar-refractivity contribution in [2.75, 3.05) is 5.73 Å². The molecule has 1 aliphatic rings. The van der Waals surface area contributed by atoms with Crippen LogP contribution in [0.3, 0.4) is 0 Å². The van der Waals surface area contributed by atoms with Crippen LogP contribution < -0.4 is 11.5 Å². The summed E-state index contributed by atoms with van der Waals surface area (Å²) in [5.41, 5.74) is 15.5. The van der Waals surface area contributed by atoms with E-state index in [-0.39, 0.29) is 22.6 Å². The quantitative estimate of drug-likeness (QED) is 0.775. The second-order valence-corrected chi connectivity index (χ2v) is 7.18. The fourth-order valence-electron chi connectivity index (χ4n) is 3.43. The molecule has 3 rings (SSSR count). The third-order valence-corrected chi connectivity index (χ3v) is 4.89. The molecule has 0 saturated heterocycles. The average Bonchev–Trinajstić information content (AvgIpc) is 2.76. The van der Waals surface area contributed by atoms with E-state index in [1.807, 2.05) is 20.8 Å². The standard InChI is InChI=1S/C18H23N5O2/c1-8-11(24)6-7-18(4,5)14(8)23-15(19)12(16(20)25)13-17(23)22-10(3)9(2)21-13/h6,24H,7,19H2,1-5H3,(H2,20,25). The van der Waals surface area contributed by atoms with E-state index in [1.54, 1.807) is 10.6 Å². The summed E-state index contributed by atoms with van der Waals surface area (Å²) in [7, 11) is 0. The molecule has 0 atom stereocenters. The normalized spacial score (nSPS) is 17.1. The Morgan fingerprint density at radius 1 is 1.24 bits per heavy atom. The molecule has 0 spiro atoms. The van der Waals surface area contributed by atoms with Gasteiger partial charge in [-0.1, -0.05) is 13.8 Å². The fraction of sp³-hybridized carbons (Fsp3) is 0.389. The van der Waals surface area contributed by atoms with Crippen LogP contribution in [0.2, 0.25) is 0 Å². The summed E-state index contributed by atoms with van der Waals surface area (Å²) in [6.45, 7) is 9.61. The zero-order valence-corrected chi connectivity index (χ0v) is 15.1. The van der Waals surface area contributed by atoms with Gasteiger partial charge in [0.1, 0.15) is 22.7 Å². The van der Waals surface area contributed by atoms with E-state index in [0.29, 0.717) is 28.9 Å². The Morgan fingerprint density at radius 2 is 1.84 bits per heavy atom. The highest BCUT2D eigenvalue weighted by Gasteiger charge is 2.35. The Labute approximate surface area is 146 Å². The molecule has 0 aromatic carbocycles. The van der Waals surface area contributed by atoms with Gasteiger partial charge in [0.15, 0.2) is 5.65 Å². The molecule has 0 unspecified atom stereocenters. The molecule has 1 aliphatic carbocycles. The summed E-state index contributed by atoms with van der Waals surface area (Å²) in [6, 6.07) is 0. The van der Waals surface area contributed by atoms with Crippen LogP contribution in [0.25, 0.3) is 16.9 Å². The number of nitrogen functional groups attached to an aromatic ring is 1. The molecular weight excluding hydrogens is 318 g/mol. The lowest BCUT2D eigenvalue weighted by Gasteiger charge is -2.33. The molecule has 2 aromatic heterocycles. The number of nitrogens with zero attached hydrogens (tertiary/aromatic N) is 3. The van der Waals surface area contributed by atoms with E-state index in [9.17, 15) is 9.90 Å². The Kier molecular flexibility index (Phi) is 3.63. The smallest absolute Gasteiger partial charge is 0.254 e. The number of aliphatic hydroxyl groups is 1. The third kappa shape index (κ3) is 2.38. The number of rotatable bonds is 2. The highest BCUT2D eigenvalue weighted by Crippen LogP contribution is 2.45. The number of aromatic nitrogens is 3. The molecule has 0 bridgehead atoms. The number of carbonyl (C=O) groups excluding carboxylic acids is 1. The predicted molar refractivity (Wildman–Crippen MR) is 97.9 cm³/mol. The number of nitrogens with two attached hydrogens (primary N) is 2. The first-order chi connectivity index (χ1) is 11.6. The van der Waals surface area contributed by atoms with Gasteiger partial charge in [-0.2, -0.15) is 0 Å². The molecule has 0 radical (unpaired) electrons. The number of aliphatic hydroxyl groups excluding tert-OH is 1. The third-order valence-electron chi connectivity index (χ3n) is 4.89. The van der Waals surface area contributed by atoms with Gasteiger partial charge in [-0.3, -0.25) is 9.36 Å². The Balaban J connectivity index is 2.51. The second kappa shape index (κ2) is 5.34. The van der Waals surface area contributed by atoms with Crippen molar-refractivity contribution in [3.8, 4) is 0 Å². The number of primary amides is 1. The molecule has 0 aliphatic heterocycles. The zero-order valence-electron chi connectivity index (χ0n) is 15.1. The van der Waals surface area contributed by atoms with Gasteiger partial charge in [0.2, 0.25) is 0 Å². The van der Waals surface area contributed by atoms with Gasteiger partial charge in [-0.25, -0.2) is 9.97 Å². The molecule has 2 heterocycles. The molecule has 25 heavy (non-hydrogen) atoms. The maximum Gasteiger partial charge on any atom is 0.254 e. The summed E-state index contributed by atoms with van der Waals surface area (Å²) < 4.78 is 1.72. The van der Waals surface area contributed by atoms with Crippen LogP contribution in [0.1, 0.15) is 48.9 Å². The van der Waals surface area contributed by atoms with E-state index in [2.05, 4.69) is 23.8 Å². The number of amides is 1. The average molecular weight is 341 g/mol. The number of hydrogen-bond acceptors (Lipinski definition) is 5. The number of aryl methyl sites for hydroxylation is 2. The molecular formula is C18H23N5O2. The Morgan fingerprint density at radius 3 is 2.44 bits per heavy atom. The predicted octanol–water partition coefficient (Wildman–Crippen LogP) is 2.83. The van der Waals surface area contributed by atoms with Crippen molar-refractivity contribution in [2.45, 2.75) is 41.0 Å². The molecule has 1 amide bonds. The van der Waals surface area contributed by atoms with Gasteiger partial charge >= 0.3 is 0 Å². The van der Waals surface area contributed by atoms with Crippen molar-refractivity contribution < 1.29 is 9.90 Å². The van der Waals surface area contributed by atoms with Crippen LogP contribution in [0.5, 0.6) is 0 Å². The van der Waals surface area contributed by atoms with Crippen LogP contribution in [0.15, 0.2) is 17.4 Å². The largest absolute Gasteiger partial charge is 0.508 e. The van der Waals surface area contributed by atoms with Crippen molar-refractivity contribution in [1.29, 1.82) is 0 Å². The number of anilines is 1. The minimum atomic E-state index is -0.648. The number of hydrogen-bond donors (Lipinski definition) is 3. The minimum absolute atomic E-state index is 0.163. The topological polar surface area (TPSA) is 120 Å². The highest BCUT2D eigenvalue weighted by atomic mass is 16.3. The fourth-order valence-corrected chi connectivity index (χ4v) is 3.43. The second-order valence-electron chi connectivity index (χ2n) is 7.18. The summed E-state index contributed by atoms with van der Waals surface area (Å²) >= 11 is 0. The summed E-state index contributed by atoms with van der Waals surface area (Å²) in [5.74, 6) is -0.247. The molecule has 0 fully saturated rings. The number of fused-ring (bicyclic) bond motifs is 1. The van der Waals surface area contributed by atoms with Crippen LogP contribution in [0.4, 0.5) is 5.82 Å². The van der Waals surface area contributed by atoms with E-state index < -0.39 is 5.91 Å². The Bertz CT molecular complexity index is 979. The molecule has 7 heteroatoms. The lowest BCUT2D eigenvalue weighted by atomic mass is 9.79. The van der Waals surface area contributed by atoms with Gasteiger partial charge in [-0.05, 0) is 33.3 Å². The van der Waals surface area contributed by atoms with Gasteiger partial charge < -0.3 is 16.6 Å². The first-order valence-corrected chi connectivity index (χ1v) is 8.12. The highest BCUT2D eigenvalue weighted by molar-refractivity contribution is 6.10. The van der Waals surface area contributed by atoms with E-state index in [1.165, 1.54) is 0 Å². The molecule has 2 aromatic rings. The van der Waals surface area contributed by atoms with Crippen LogP contribution >= 0.6 is 0 Å².